The van der Waals surface area contributed by atoms with Crippen LogP contribution in [0.4, 0.5) is 0 Å². The molecule has 2 N–H and O–H groups in total. The number of alkyl halides is 1. The lowest BCUT2D eigenvalue weighted by Crippen LogP contribution is -2.40. The van der Waals surface area contributed by atoms with E-state index in [1.165, 1.54) is 16.4 Å². The van der Waals surface area contributed by atoms with Gasteiger partial charge in [0.2, 0.25) is 10.0 Å². The molecule has 2 amide bonds. The maximum absolute atomic E-state index is 12.9. The molecule has 9 nitrogen and oxygen atoms in total. The fraction of sp³-hybridized carbons (Fsp3) is 0.381. The van der Waals surface area contributed by atoms with Gasteiger partial charge in [0, 0.05) is 43.6 Å². The van der Waals surface area contributed by atoms with Crippen LogP contribution in [0.15, 0.2) is 41.2 Å². The number of rotatable bonds is 9. The highest BCUT2D eigenvalue weighted by Gasteiger charge is 2.27. The first-order chi connectivity index (χ1) is 15.7. The molecule has 0 aliphatic carbocycles. The summed E-state index contributed by atoms with van der Waals surface area (Å²) in [6.07, 6.45) is 0.563. The van der Waals surface area contributed by atoms with Gasteiger partial charge in [0.1, 0.15) is 11.3 Å². The highest BCUT2D eigenvalue weighted by Crippen LogP contribution is 2.12. The Kier molecular flexibility index (Phi) is 8.52. The van der Waals surface area contributed by atoms with E-state index >= 15 is 0 Å². The summed E-state index contributed by atoms with van der Waals surface area (Å²) in [5, 5.41) is 5.88. The predicted octanol–water partition coefficient (Wildman–Crippen LogP) is 1.44. The summed E-state index contributed by atoms with van der Waals surface area (Å²) >= 11 is 11.7. The second-order valence-electron chi connectivity index (χ2n) is 7.41. The number of sulfonamides is 1. The molecule has 12 heteroatoms. The Balaban J connectivity index is 1.69. The lowest BCUT2D eigenvalue weighted by atomic mass is 10.2. The lowest BCUT2D eigenvalue weighted by molar-refractivity contribution is 0.0929. The molecule has 1 fully saturated rings. The van der Waals surface area contributed by atoms with Crippen LogP contribution >= 0.6 is 23.2 Å². The first kappa shape index (κ1) is 25.2. The van der Waals surface area contributed by atoms with Crippen molar-refractivity contribution < 1.29 is 18.0 Å². The van der Waals surface area contributed by atoms with E-state index < -0.39 is 27.4 Å². The molecule has 0 spiro atoms. The molecule has 0 saturated carbocycles. The van der Waals surface area contributed by atoms with Crippen molar-refractivity contribution in [1.29, 1.82) is 0 Å². The Bertz CT molecular complexity index is 1180. The Morgan fingerprint density at radius 1 is 1.00 bits per heavy atom. The van der Waals surface area contributed by atoms with E-state index in [4.69, 9.17) is 23.2 Å². The van der Waals surface area contributed by atoms with Crippen molar-refractivity contribution in [2.75, 3.05) is 31.3 Å². The molecule has 0 bridgehead atoms. The second-order valence-corrected chi connectivity index (χ2v) is 10.3. The number of aromatic nitrogens is 1. The Labute approximate surface area is 201 Å². The van der Waals surface area contributed by atoms with Gasteiger partial charge in [0.25, 0.3) is 17.4 Å². The largest absolute Gasteiger partial charge is 0.349 e. The number of hydrogen-bond donors (Lipinski definition) is 2. The number of nitrogens with one attached hydrogen (secondary N) is 2. The molecule has 3 rings (SSSR count). The zero-order valence-corrected chi connectivity index (χ0v) is 20.0. The average molecular weight is 515 g/mol. The Hall–Kier alpha value is -2.40. The molecule has 0 radical (unpaired) electrons. The van der Waals surface area contributed by atoms with Gasteiger partial charge in [-0.15, -0.1) is 11.6 Å². The van der Waals surface area contributed by atoms with Crippen LogP contribution in [0.3, 0.4) is 0 Å². The van der Waals surface area contributed by atoms with E-state index in [1.54, 1.807) is 24.3 Å². The summed E-state index contributed by atoms with van der Waals surface area (Å²) in [5.41, 5.74) is 0.0943. The minimum absolute atomic E-state index is 0.0297. The molecule has 0 unspecified atom stereocenters. The molecule has 1 aromatic carbocycles. The van der Waals surface area contributed by atoms with Gasteiger partial charge in [0.15, 0.2) is 0 Å². The van der Waals surface area contributed by atoms with Crippen molar-refractivity contribution in [2.24, 2.45) is 0 Å². The molecule has 2 heterocycles. The zero-order valence-electron chi connectivity index (χ0n) is 17.7. The number of nitrogens with zero attached hydrogens (tertiary/aromatic N) is 2. The first-order valence-corrected chi connectivity index (χ1v) is 12.8. The first-order valence-electron chi connectivity index (χ1n) is 10.3. The van der Waals surface area contributed by atoms with Gasteiger partial charge in [-0.1, -0.05) is 23.7 Å². The second kappa shape index (κ2) is 11.1. The maximum atomic E-state index is 12.9. The van der Waals surface area contributed by atoms with Crippen LogP contribution in [0.5, 0.6) is 0 Å². The molecule has 0 atom stereocenters. The third-order valence-corrected chi connectivity index (χ3v) is 7.55. The van der Waals surface area contributed by atoms with Crippen molar-refractivity contribution in [3.63, 3.8) is 0 Å². The lowest BCUT2D eigenvalue weighted by Gasteiger charge is -2.16. The van der Waals surface area contributed by atoms with Gasteiger partial charge >= 0.3 is 0 Å². The van der Waals surface area contributed by atoms with Gasteiger partial charge in [-0.25, -0.2) is 12.7 Å². The third kappa shape index (κ3) is 6.35. The van der Waals surface area contributed by atoms with Crippen LogP contribution in [0.2, 0.25) is 5.02 Å². The number of hydrogen-bond acceptors (Lipinski definition) is 5. The Morgan fingerprint density at radius 3 is 2.36 bits per heavy atom. The molecular weight excluding hydrogens is 491 g/mol. The van der Waals surface area contributed by atoms with Crippen LogP contribution in [-0.4, -0.2) is 60.4 Å². The summed E-state index contributed by atoms with van der Waals surface area (Å²) in [7, 11) is -3.26. The average Bonchev–Trinajstić information content (AvgIpc) is 3.12. The van der Waals surface area contributed by atoms with Crippen LogP contribution in [-0.2, 0) is 23.1 Å². The predicted molar refractivity (Wildman–Crippen MR) is 126 cm³/mol. The molecule has 178 valence electrons. The monoisotopic (exact) mass is 514 g/mol. The van der Waals surface area contributed by atoms with E-state index in [2.05, 4.69) is 10.6 Å². The highest BCUT2D eigenvalue weighted by molar-refractivity contribution is 7.89. The van der Waals surface area contributed by atoms with Crippen molar-refractivity contribution in [3.8, 4) is 0 Å². The highest BCUT2D eigenvalue weighted by atomic mass is 35.5. The molecule has 1 aliphatic rings. The van der Waals surface area contributed by atoms with E-state index in [9.17, 15) is 22.8 Å². The molecule has 33 heavy (non-hydrogen) atoms. The summed E-state index contributed by atoms with van der Waals surface area (Å²) in [6.45, 7) is 0.902. The van der Waals surface area contributed by atoms with Gasteiger partial charge in [-0.05, 0) is 36.2 Å². The van der Waals surface area contributed by atoms with Crippen molar-refractivity contribution in [1.82, 2.24) is 19.5 Å². The molecule has 2 aromatic rings. The summed E-state index contributed by atoms with van der Waals surface area (Å²) in [6, 6.07) is 9.59. The van der Waals surface area contributed by atoms with Gasteiger partial charge in [-0.2, -0.15) is 0 Å². The van der Waals surface area contributed by atoms with Crippen molar-refractivity contribution in [3.05, 3.63) is 68.6 Å². The molecule has 1 aromatic heterocycles. The zero-order chi connectivity index (χ0) is 24.0. The number of benzene rings is 1. The number of halogens is 2. The SMILES string of the molecule is O=C(NCc1ccc(Cl)cc1)c1ccc(C(=O)NCCN2CCCS2(=O)=O)n(CCCl)c1=O. The number of carbonyl (C=O) groups excluding carboxylic acids is 2. The van der Waals surface area contributed by atoms with Crippen LogP contribution in [0.25, 0.3) is 0 Å². The van der Waals surface area contributed by atoms with Gasteiger partial charge < -0.3 is 15.2 Å². The van der Waals surface area contributed by atoms with E-state index in [0.29, 0.717) is 18.0 Å². The maximum Gasteiger partial charge on any atom is 0.268 e. The van der Waals surface area contributed by atoms with Crippen molar-refractivity contribution >= 4 is 45.0 Å². The number of amides is 2. The minimum atomic E-state index is -3.26. The molecular formula is C21H24Cl2N4O5S. The quantitative estimate of drug-likeness (QED) is 0.490. The van der Waals surface area contributed by atoms with E-state index in [-0.39, 0.29) is 49.1 Å². The fourth-order valence-electron chi connectivity index (χ4n) is 3.46. The topological polar surface area (TPSA) is 118 Å². The van der Waals surface area contributed by atoms with Crippen LogP contribution in [0, 0.1) is 0 Å². The van der Waals surface area contributed by atoms with Crippen LogP contribution in [0.1, 0.15) is 32.8 Å². The smallest absolute Gasteiger partial charge is 0.268 e. The van der Waals surface area contributed by atoms with Gasteiger partial charge in [0.05, 0.1) is 5.75 Å². The summed E-state index contributed by atoms with van der Waals surface area (Å²) in [5.74, 6) is -0.966. The molecule has 1 aliphatic heterocycles. The van der Waals surface area contributed by atoms with E-state index in [0.717, 1.165) is 10.1 Å². The Morgan fingerprint density at radius 2 is 1.73 bits per heavy atom. The summed E-state index contributed by atoms with van der Waals surface area (Å²) in [4.78, 5) is 38.1. The third-order valence-electron chi connectivity index (χ3n) is 5.18. The summed E-state index contributed by atoms with van der Waals surface area (Å²) < 4.78 is 26.2. The number of pyridine rings is 1. The standard InChI is InChI=1S/C21H24Cl2N4O5S/c22-8-11-27-18(20(29)24-9-12-26-10-1-13-33(26,31)32)7-6-17(21(27)30)19(28)25-14-15-2-4-16(23)5-3-15/h2-7H,1,8-14H2,(H,24,29)(H,25,28). The van der Waals surface area contributed by atoms with Gasteiger partial charge in [-0.3, -0.25) is 14.4 Å². The van der Waals surface area contributed by atoms with Crippen LogP contribution < -0.4 is 16.2 Å². The normalized spacial score (nSPS) is 15.3. The van der Waals surface area contributed by atoms with E-state index in [1.807, 2.05) is 0 Å². The molecule has 1 saturated heterocycles. The number of carbonyl (C=O) groups is 2. The van der Waals surface area contributed by atoms with Crippen molar-refractivity contribution in [2.45, 2.75) is 19.5 Å². The fourth-order valence-corrected chi connectivity index (χ4v) is 5.29. The minimum Gasteiger partial charge on any atom is -0.349 e.